The summed E-state index contributed by atoms with van der Waals surface area (Å²) in [4.78, 5) is 0. The van der Waals surface area contributed by atoms with Gasteiger partial charge in [-0.25, -0.2) is 4.72 Å². The maximum atomic E-state index is 11.1. The number of hydrogen-bond donors (Lipinski definition) is 1. The molecule has 62 valence electrons. The Morgan fingerprint density at radius 3 is 2.64 bits per heavy atom. The van der Waals surface area contributed by atoms with E-state index in [1.54, 1.807) is 12.2 Å². The van der Waals surface area contributed by atoms with E-state index in [-0.39, 0.29) is 0 Å². The quantitative estimate of drug-likeness (QED) is 0.632. The van der Waals surface area contributed by atoms with E-state index in [9.17, 15) is 8.42 Å². The zero-order valence-electron chi connectivity index (χ0n) is 6.19. The summed E-state index contributed by atoms with van der Waals surface area (Å²) in [7, 11) is -1.89. The van der Waals surface area contributed by atoms with Gasteiger partial charge in [-0.3, -0.25) is 4.31 Å². The predicted octanol–water partition coefficient (Wildman–Crippen LogP) is -0.164. The first kappa shape index (κ1) is 8.29. The minimum absolute atomic E-state index is 0.402. The molecule has 0 aromatic heterocycles. The molecule has 0 spiro atoms. The topological polar surface area (TPSA) is 49.4 Å². The van der Waals surface area contributed by atoms with Gasteiger partial charge >= 0.3 is 10.2 Å². The minimum atomic E-state index is -3.28. The molecule has 0 amide bonds. The van der Waals surface area contributed by atoms with Gasteiger partial charge < -0.3 is 0 Å². The van der Waals surface area contributed by atoms with Crippen LogP contribution in [0, 0.1) is 0 Å². The lowest BCUT2D eigenvalue weighted by atomic mass is 10.4. The van der Waals surface area contributed by atoms with Crippen molar-refractivity contribution < 1.29 is 8.42 Å². The summed E-state index contributed by atoms with van der Waals surface area (Å²) in [5, 5.41) is 0. The number of rotatable bonds is 2. The molecule has 11 heavy (non-hydrogen) atoms. The van der Waals surface area contributed by atoms with Crippen molar-refractivity contribution in [1.82, 2.24) is 9.03 Å². The molecule has 0 aromatic carbocycles. The summed E-state index contributed by atoms with van der Waals surface area (Å²) < 4.78 is 25.6. The van der Waals surface area contributed by atoms with Gasteiger partial charge in [0.15, 0.2) is 0 Å². The summed E-state index contributed by atoms with van der Waals surface area (Å²) in [6.45, 7) is 0.402. The summed E-state index contributed by atoms with van der Waals surface area (Å²) in [5.41, 5.74) is 0. The van der Waals surface area contributed by atoms with Gasteiger partial charge in [-0.15, -0.1) is 0 Å². The van der Waals surface area contributed by atoms with Crippen LogP contribution in [0.5, 0.6) is 0 Å². The molecule has 0 radical (unpaired) electrons. The predicted molar refractivity (Wildman–Crippen MR) is 43.0 cm³/mol. The fourth-order valence-corrected chi connectivity index (χ4v) is 1.49. The largest absolute Gasteiger partial charge is 0.301 e. The molecule has 1 aliphatic rings. The van der Waals surface area contributed by atoms with Gasteiger partial charge in [-0.2, -0.15) is 8.42 Å². The van der Waals surface area contributed by atoms with Crippen molar-refractivity contribution in [2.45, 2.75) is 0 Å². The monoisotopic (exact) mass is 174 g/mol. The first-order chi connectivity index (χ1) is 5.17. The van der Waals surface area contributed by atoms with Crippen molar-refractivity contribution in [3.05, 3.63) is 24.4 Å². The van der Waals surface area contributed by atoms with Crippen molar-refractivity contribution >= 4 is 10.2 Å². The van der Waals surface area contributed by atoms with E-state index in [2.05, 4.69) is 4.72 Å². The second-order valence-corrected chi connectivity index (χ2v) is 3.88. The van der Waals surface area contributed by atoms with E-state index in [0.29, 0.717) is 6.54 Å². The van der Waals surface area contributed by atoms with E-state index >= 15 is 0 Å². The zero-order valence-corrected chi connectivity index (χ0v) is 7.00. The van der Waals surface area contributed by atoms with Crippen LogP contribution in [0.3, 0.4) is 0 Å². The summed E-state index contributed by atoms with van der Waals surface area (Å²) in [5.74, 6) is 0. The number of hydrogen-bond acceptors (Lipinski definition) is 2. The first-order valence-corrected chi connectivity index (χ1v) is 4.64. The molecule has 1 N–H and O–H groups in total. The highest BCUT2D eigenvalue weighted by atomic mass is 32.2. The van der Waals surface area contributed by atoms with Crippen LogP contribution >= 0.6 is 0 Å². The van der Waals surface area contributed by atoms with Crippen LogP contribution in [0.4, 0.5) is 0 Å². The Balaban J connectivity index is 2.78. The maximum Gasteiger partial charge on any atom is 0.301 e. The average molecular weight is 174 g/mol. The molecule has 0 fully saturated rings. The minimum Gasteiger partial charge on any atom is -0.261 e. The van der Waals surface area contributed by atoms with Gasteiger partial charge in [0.2, 0.25) is 0 Å². The van der Waals surface area contributed by atoms with Crippen LogP contribution < -0.4 is 4.72 Å². The van der Waals surface area contributed by atoms with Gasteiger partial charge in [0.05, 0.1) is 6.54 Å². The molecule has 0 atom stereocenters. The van der Waals surface area contributed by atoms with Gasteiger partial charge in [0.1, 0.15) is 0 Å². The summed E-state index contributed by atoms with van der Waals surface area (Å²) in [6, 6.07) is 0. The second-order valence-electron chi connectivity index (χ2n) is 2.05. The fraction of sp³-hybridized carbons (Fsp3) is 0.333. The molecule has 1 heterocycles. The van der Waals surface area contributed by atoms with Crippen molar-refractivity contribution in [3.8, 4) is 0 Å². The van der Waals surface area contributed by atoms with Crippen molar-refractivity contribution in [2.75, 3.05) is 13.6 Å². The Bertz CT molecular complexity index is 279. The lowest BCUT2D eigenvalue weighted by molar-refractivity contribution is 0.511. The van der Waals surface area contributed by atoms with Gasteiger partial charge in [-0.1, -0.05) is 12.2 Å². The second kappa shape index (κ2) is 3.06. The Morgan fingerprint density at radius 2 is 2.18 bits per heavy atom. The van der Waals surface area contributed by atoms with E-state index in [0.717, 1.165) is 0 Å². The van der Waals surface area contributed by atoms with Crippen molar-refractivity contribution in [3.63, 3.8) is 0 Å². The van der Waals surface area contributed by atoms with Gasteiger partial charge in [-0.05, 0) is 6.08 Å². The third-order valence-electron chi connectivity index (χ3n) is 1.35. The Hall–Kier alpha value is -0.810. The highest BCUT2D eigenvalue weighted by molar-refractivity contribution is 7.87. The molecule has 5 heteroatoms. The zero-order chi connectivity index (χ0) is 8.32. The standard InChI is InChI=1S/C6H10N2O2S/c1-7-11(9,10)8-5-3-2-4-6-8/h2-5,7H,6H2,1H3. The first-order valence-electron chi connectivity index (χ1n) is 3.20. The number of nitrogens with one attached hydrogen (secondary N) is 1. The van der Waals surface area contributed by atoms with Crippen LogP contribution in [0.2, 0.25) is 0 Å². The summed E-state index contributed by atoms with van der Waals surface area (Å²) in [6.07, 6.45) is 6.78. The molecule has 0 bridgehead atoms. The smallest absolute Gasteiger partial charge is 0.261 e. The average Bonchev–Trinajstić information content (AvgIpc) is 2.06. The summed E-state index contributed by atoms with van der Waals surface area (Å²) >= 11 is 0. The van der Waals surface area contributed by atoms with Crippen molar-refractivity contribution in [1.29, 1.82) is 0 Å². The van der Waals surface area contributed by atoms with Crippen LogP contribution in [-0.2, 0) is 10.2 Å². The van der Waals surface area contributed by atoms with Crippen LogP contribution in [0.25, 0.3) is 0 Å². The van der Waals surface area contributed by atoms with Crippen LogP contribution in [-0.4, -0.2) is 26.3 Å². The Morgan fingerprint density at radius 1 is 1.45 bits per heavy atom. The van der Waals surface area contributed by atoms with Gasteiger partial charge in [0.25, 0.3) is 0 Å². The van der Waals surface area contributed by atoms with E-state index in [1.165, 1.54) is 17.6 Å². The Labute approximate surface area is 66.4 Å². The van der Waals surface area contributed by atoms with Crippen molar-refractivity contribution in [2.24, 2.45) is 0 Å². The highest BCUT2D eigenvalue weighted by Crippen LogP contribution is 2.02. The fourth-order valence-electron chi connectivity index (χ4n) is 0.745. The maximum absolute atomic E-state index is 11.1. The highest BCUT2D eigenvalue weighted by Gasteiger charge is 2.14. The molecule has 1 aliphatic heterocycles. The molecule has 1 rings (SSSR count). The lowest BCUT2D eigenvalue weighted by Gasteiger charge is -2.18. The molecular formula is C6H10N2O2S. The molecular weight excluding hydrogens is 164 g/mol. The van der Waals surface area contributed by atoms with Crippen LogP contribution in [0.15, 0.2) is 24.4 Å². The molecule has 0 aromatic rings. The van der Waals surface area contributed by atoms with Gasteiger partial charge in [0, 0.05) is 13.2 Å². The van der Waals surface area contributed by atoms with E-state index in [1.807, 2.05) is 6.08 Å². The lowest BCUT2D eigenvalue weighted by Crippen LogP contribution is -2.35. The number of nitrogens with zero attached hydrogens (tertiary/aromatic N) is 1. The molecule has 0 unspecified atom stereocenters. The van der Waals surface area contributed by atoms with E-state index in [4.69, 9.17) is 0 Å². The number of allylic oxidation sites excluding steroid dienone is 2. The Kier molecular flexibility index (Phi) is 2.31. The molecule has 0 saturated carbocycles. The normalized spacial score (nSPS) is 17.4. The SMILES string of the molecule is CNS(=O)(=O)N1C=CC=CC1. The molecule has 0 saturated heterocycles. The third-order valence-corrected chi connectivity index (χ3v) is 2.76. The molecule has 0 aliphatic carbocycles. The third kappa shape index (κ3) is 1.81. The van der Waals surface area contributed by atoms with E-state index < -0.39 is 10.2 Å². The van der Waals surface area contributed by atoms with Crippen LogP contribution in [0.1, 0.15) is 0 Å². The molecule has 4 nitrogen and oxygen atoms in total.